The third-order valence-electron chi connectivity index (χ3n) is 6.50. The molecule has 0 spiro atoms. The van der Waals surface area contributed by atoms with Crippen molar-refractivity contribution in [1.82, 2.24) is 0 Å². The highest BCUT2D eigenvalue weighted by atomic mass is 16.5. The summed E-state index contributed by atoms with van der Waals surface area (Å²) in [6.07, 6.45) is 10.7. The maximum Gasteiger partial charge on any atom is 0.330 e. The number of hydrogen-bond donors (Lipinski definition) is 0. The Bertz CT molecular complexity index is 876. The molecule has 2 aliphatic carbocycles. The van der Waals surface area contributed by atoms with Crippen molar-refractivity contribution < 1.29 is 19.0 Å². The molecular weight excluding hydrogens is 376 g/mol. The van der Waals surface area contributed by atoms with Crippen LogP contribution in [0.15, 0.2) is 66.7 Å². The SMILES string of the molecule is COC(=O)C=CCC12CCC(OCc3cccc(Oc4ccccc4)c3)CCC1C2. The van der Waals surface area contributed by atoms with Crippen LogP contribution in [0.1, 0.15) is 44.1 Å². The topological polar surface area (TPSA) is 44.8 Å². The molecule has 0 amide bonds. The van der Waals surface area contributed by atoms with Gasteiger partial charge in [-0.15, -0.1) is 0 Å². The summed E-state index contributed by atoms with van der Waals surface area (Å²) in [4.78, 5) is 11.3. The number of rotatable bonds is 8. The molecule has 2 fully saturated rings. The number of carbonyl (C=O) groups excluding carboxylic acids is 1. The van der Waals surface area contributed by atoms with Crippen LogP contribution < -0.4 is 4.74 Å². The van der Waals surface area contributed by atoms with Crippen molar-refractivity contribution >= 4 is 5.97 Å². The highest BCUT2D eigenvalue weighted by molar-refractivity contribution is 5.81. The van der Waals surface area contributed by atoms with Gasteiger partial charge in [-0.25, -0.2) is 4.79 Å². The van der Waals surface area contributed by atoms with Gasteiger partial charge in [0, 0.05) is 6.08 Å². The molecule has 0 saturated heterocycles. The van der Waals surface area contributed by atoms with E-state index < -0.39 is 0 Å². The number of methoxy groups -OCH3 is 1. The lowest BCUT2D eigenvalue weighted by atomic mass is 9.93. The third kappa shape index (κ3) is 5.31. The molecule has 0 bridgehead atoms. The molecule has 0 radical (unpaired) electrons. The minimum Gasteiger partial charge on any atom is -0.466 e. The summed E-state index contributed by atoms with van der Waals surface area (Å²) >= 11 is 0. The van der Waals surface area contributed by atoms with E-state index in [1.54, 1.807) is 6.08 Å². The Balaban J connectivity index is 1.27. The van der Waals surface area contributed by atoms with Crippen LogP contribution in [0.5, 0.6) is 11.5 Å². The third-order valence-corrected chi connectivity index (χ3v) is 6.50. The van der Waals surface area contributed by atoms with E-state index in [0.717, 1.165) is 42.2 Å². The van der Waals surface area contributed by atoms with Crippen molar-refractivity contribution in [1.29, 1.82) is 0 Å². The summed E-state index contributed by atoms with van der Waals surface area (Å²) in [6, 6.07) is 18.0. The molecule has 4 heteroatoms. The molecule has 158 valence electrons. The largest absolute Gasteiger partial charge is 0.466 e. The molecular formula is C26H30O4. The van der Waals surface area contributed by atoms with Crippen LogP contribution in [0.3, 0.4) is 0 Å². The second kappa shape index (κ2) is 9.48. The summed E-state index contributed by atoms with van der Waals surface area (Å²) < 4.78 is 16.9. The van der Waals surface area contributed by atoms with E-state index in [1.165, 1.54) is 26.4 Å². The normalized spacial score (nSPS) is 25.4. The van der Waals surface area contributed by atoms with Crippen molar-refractivity contribution in [3.05, 3.63) is 72.3 Å². The Morgan fingerprint density at radius 3 is 2.73 bits per heavy atom. The first-order chi connectivity index (χ1) is 14.7. The summed E-state index contributed by atoms with van der Waals surface area (Å²) in [5, 5.41) is 0. The fourth-order valence-corrected chi connectivity index (χ4v) is 4.64. The Labute approximate surface area is 178 Å². The van der Waals surface area contributed by atoms with Gasteiger partial charge in [-0.3, -0.25) is 0 Å². The van der Waals surface area contributed by atoms with Crippen molar-refractivity contribution in [3.63, 3.8) is 0 Å². The first kappa shape index (κ1) is 20.7. The van der Waals surface area contributed by atoms with E-state index in [0.29, 0.717) is 18.1 Å². The van der Waals surface area contributed by atoms with E-state index in [4.69, 9.17) is 9.47 Å². The first-order valence-electron chi connectivity index (χ1n) is 10.8. The number of fused-ring (bicyclic) bond motifs is 1. The summed E-state index contributed by atoms with van der Waals surface area (Å²) in [5.41, 5.74) is 1.51. The van der Waals surface area contributed by atoms with E-state index in [9.17, 15) is 4.79 Å². The Morgan fingerprint density at radius 1 is 1.07 bits per heavy atom. The van der Waals surface area contributed by atoms with Crippen LogP contribution in [0.4, 0.5) is 0 Å². The molecule has 30 heavy (non-hydrogen) atoms. The lowest BCUT2D eigenvalue weighted by molar-refractivity contribution is -0.134. The van der Waals surface area contributed by atoms with Gasteiger partial charge in [0.2, 0.25) is 0 Å². The van der Waals surface area contributed by atoms with E-state index in [1.807, 2.05) is 48.5 Å². The zero-order chi connectivity index (χ0) is 20.8. The van der Waals surface area contributed by atoms with Crippen LogP contribution >= 0.6 is 0 Å². The van der Waals surface area contributed by atoms with Crippen LogP contribution in [-0.2, 0) is 20.9 Å². The maximum atomic E-state index is 11.3. The lowest BCUT2D eigenvalue weighted by Crippen LogP contribution is -2.13. The minimum absolute atomic E-state index is 0.267. The Hall–Kier alpha value is -2.59. The molecule has 0 aromatic heterocycles. The molecule has 2 saturated carbocycles. The van der Waals surface area contributed by atoms with Gasteiger partial charge in [-0.1, -0.05) is 36.4 Å². The molecule has 0 N–H and O–H groups in total. The maximum absolute atomic E-state index is 11.3. The van der Waals surface area contributed by atoms with Gasteiger partial charge in [-0.2, -0.15) is 0 Å². The summed E-state index contributed by atoms with van der Waals surface area (Å²) in [6.45, 7) is 0.608. The average Bonchev–Trinajstić information content (AvgIpc) is 3.48. The van der Waals surface area contributed by atoms with Crippen molar-refractivity contribution in [2.24, 2.45) is 11.3 Å². The molecule has 2 aromatic carbocycles. The van der Waals surface area contributed by atoms with E-state index >= 15 is 0 Å². The first-order valence-corrected chi connectivity index (χ1v) is 10.8. The fourth-order valence-electron chi connectivity index (χ4n) is 4.64. The predicted molar refractivity (Wildman–Crippen MR) is 116 cm³/mol. The fraction of sp³-hybridized carbons (Fsp3) is 0.423. The van der Waals surface area contributed by atoms with Gasteiger partial charge in [0.05, 0.1) is 19.8 Å². The molecule has 3 atom stereocenters. The van der Waals surface area contributed by atoms with Gasteiger partial charge >= 0.3 is 5.97 Å². The highest BCUT2D eigenvalue weighted by Gasteiger charge is 2.53. The van der Waals surface area contributed by atoms with Gasteiger partial charge in [0.25, 0.3) is 0 Å². The van der Waals surface area contributed by atoms with E-state index in [2.05, 4.69) is 16.9 Å². The summed E-state index contributed by atoms with van der Waals surface area (Å²) in [7, 11) is 1.42. The second-order valence-corrected chi connectivity index (χ2v) is 8.50. The van der Waals surface area contributed by atoms with Crippen molar-refractivity contribution in [2.45, 2.75) is 51.2 Å². The van der Waals surface area contributed by atoms with Crippen molar-refractivity contribution in [3.8, 4) is 11.5 Å². The Morgan fingerprint density at radius 2 is 1.90 bits per heavy atom. The molecule has 2 aromatic rings. The van der Waals surface area contributed by atoms with Crippen LogP contribution in [0, 0.1) is 11.3 Å². The van der Waals surface area contributed by atoms with Gasteiger partial charge in [0.15, 0.2) is 0 Å². The number of esters is 1. The van der Waals surface area contributed by atoms with E-state index in [-0.39, 0.29) is 5.97 Å². The quantitative estimate of drug-likeness (QED) is 0.395. The van der Waals surface area contributed by atoms with Crippen LogP contribution in [-0.4, -0.2) is 19.2 Å². The second-order valence-electron chi connectivity index (χ2n) is 8.50. The Kier molecular flexibility index (Phi) is 6.53. The predicted octanol–water partition coefficient (Wildman–Crippen LogP) is 6.06. The van der Waals surface area contributed by atoms with Crippen LogP contribution in [0.2, 0.25) is 0 Å². The number of para-hydroxylation sites is 1. The number of benzene rings is 2. The number of allylic oxidation sites excluding steroid dienone is 1. The molecule has 0 heterocycles. The lowest BCUT2D eigenvalue weighted by Gasteiger charge is -2.18. The highest BCUT2D eigenvalue weighted by Crippen LogP contribution is 2.62. The number of carbonyl (C=O) groups is 1. The molecule has 4 rings (SSSR count). The summed E-state index contributed by atoms with van der Waals surface area (Å²) in [5.74, 6) is 2.18. The average molecular weight is 407 g/mol. The molecule has 4 nitrogen and oxygen atoms in total. The standard InChI is InChI=1S/C26H30O4/c1-28-25(27)11-6-15-26-16-14-22(13-12-21(26)18-26)29-19-20-7-5-10-24(17-20)30-23-8-3-2-4-9-23/h2-11,17,21-22H,12-16,18-19H2,1H3. The zero-order valence-electron chi connectivity index (χ0n) is 17.6. The number of hydrogen-bond acceptors (Lipinski definition) is 4. The smallest absolute Gasteiger partial charge is 0.330 e. The minimum atomic E-state index is -0.267. The monoisotopic (exact) mass is 406 g/mol. The van der Waals surface area contributed by atoms with Gasteiger partial charge < -0.3 is 14.2 Å². The van der Waals surface area contributed by atoms with Crippen molar-refractivity contribution in [2.75, 3.05) is 7.11 Å². The molecule has 2 aliphatic rings. The molecule has 3 unspecified atom stereocenters. The van der Waals surface area contributed by atoms with Gasteiger partial charge in [0.1, 0.15) is 11.5 Å². The molecule has 0 aliphatic heterocycles. The number of ether oxygens (including phenoxy) is 3. The zero-order valence-corrected chi connectivity index (χ0v) is 17.6. The van der Waals surface area contributed by atoms with Crippen LogP contribution in [0.25, 0.3) is 0 Å². The van der Waals surface area contributed by atoms with Gasteiger partial charge in [-0.05, 0) is 79.7 Å².